The Bertz CT molecular complexity index is 738. The van der Waals surface area contributed by atoms with Gasteiger partial charge >= 0.3 is 5.97 Å². The van der Waals surface area contributed by atoms with Crippen molar-refractivity contribution in [3.63, 3.8) is 0 Å². The van der Waals surface area contributed by atoms with Crippen LogP contribution in [-0.2, 0) is 0 Å². The smallest absolute Gasteiger partial charge is 0.341 e. The molecule has 0 fully saturated rings. The minimum absolute atomic E-state index is 0.00851. The average molecular weight is 357 g/mol. The van der Waals surface area contributed by atoms with Crippen molar-refractivity contribution >= 4 is 27.6 Å². The van der Waals surface area contributed by atoms with E-state index in [2.05, 4.69) is 20.9 Å². The van der Waals surface area contributed by atoms with Gasteiger partial charge in [0, 0.05) is 6.07 Å². The van der Waals surface area contributed by atoms with Gasteiger partial charge in [0.2, 0.25) is 5.88 Å². The number of carboxylic acid groups (broad SMARTS) is 1. The van der Waals surface area contributed by atoms with Crippen LogP contribution in [0.25, 0.3) is 0 Å². The quantitative estimate of drug-likeness (QED) is 0.665. The molecule has 0 aliphatic rings. The molecule has 0 atom stereocenters. The Kier molecular flexibility index (Phi) is 4.13. The maximum Gasteiger partial charge on any atom is 0.341 e. The van der Waals surface area contributed by atoms with Crippen LogP contribution >= 0.6 is 15.9 Å². The second-order valence-corrected chi connectivity index (χ2v) is 4.64. The number of aromatic nitrogens is 1. The summed E-state index contributed by atoms with van der Waals surface area (Å²) in [6, 6.07) is 4.46. The molecule has 0 radical (unpaired) electrons. The molecule has 21 heavy (non-hydrogen) atoms. The molecular weight excluding hydrogens is 351 g/mol. The first-order valence-electron chi connectivity index (χ1n) is 5.39. The van der Waals surface area contributed by atoms with Crippen molar-refractivity contribution in [2.45, 2.75) is 0 Å². The predicted octanol–water partition coefficient (Wildman–Crippen LogP) is 3.38. The summed E-state index contributed by atoms with van der Waals surface area (Å²) in [5.41, 5.74) is -0.736. The number of nitro groups is 1. The second kappa shape index (κ2) is 5.83. The van der Waals surface area contributed by atoms with Crippen LogP contribution in [0.1, 0.15) is 10.4 Å². The number of hydrogen-bond donors (Lipinski definition) is 1. The van der Waals surface area contributed by atoms with Crippen molar-refractivity contribution in [3.05, 3.63) is 56.4 Å². The van der Waals surface area contributed by atoms with Crippen LogP contribution in [0.2, 0.25) is 0 Å². The molecule has 7 nitrogen and oxygen atoms in total. The molecule has 1 aromatic carbocycles. The molecule has 0 bridgehead atoms. The Morgan fingerprint density at radius 3 is 2.76 bits per heavy atom. The fraction of sp³-hybridized carbons (Fsp3) is 0. The van der Waals surface area contributed by atoms with Gasteiger partial charge in [-0.3, -0.25) is 10.1 Å². The summed E-state index contributed by atoms with van der Waals surface area (Å²) in [5, 5.41) is 19.7. The molecule has 0 spiro atoms. The summed E-state index contributed by atoms with van der Waals surface area (Å²) >= 11 is 3.12. The van der Waals surface area contributed by atoms with E-state index in [-0.39, 0.29) is 17.3 Å². The minimum Gasteiger partial charge on any atom is -0.477 e. The van der Waals surface area contributed by atoms with Crippen molar-refractivity contribution in [1.82, 2.24) is 4.98 Å². The van der Waals surface area contributed by atoms with E-state index < -0.39 is 22.3 Å². The van der Waals surface area contributed by atoms with Crippen molar-refractivity contribution in [3.8, 4) is 11.6 Å². The van der Waals surface area contributed by atoms with Crippen LogP contribution in [0, 0.1) is 15.9 Å². The third kappa shape index (κ3) is 3.31. The number of ether oxygens (including phenoxy) is 1. The summed E-state index contributed by atoms with van der Waals surface area (Å²) in [4.78, 5) is 24.6. The van der Waals surface area contributed by atoms with Gasteiger partial charge in [0.15, 0.2) is 5.75 Å². The van der Waals surface area contributed by atoms with Crippen molar-refractivity contribution < 1.29 is 24.0 Å². The van der Waals surface area contributed by atoms with E-state index >= 15 is 0 Å². The first-order valence-corrected chi connectivity index (χ1v) is 6.18. The molecule has 0 aliphatic heterocycles. The van der Waals surface area contributed by atoms with E-state index in [9.17, 15) is 19.3 Å². The molecule has 0 saturated carbocycles. The molecule has 2 aromatic rings. The lowest BCUT2D eigenvalue weighted by atomic mass is 10.2. The fourth-order valence-corrected chi connectivity index (χ4v) is 1.78. The van der Waals surface area contributed by atoms with Crippen molar-refractivity contribution in [2.24, 2.45) is 0 Å². The fourth-order valence-electron chi connectivity index (χ4n) is 1.45. The van der Waals surface area contributed by atoms with Crippen LogP contribution in [-0.4, -0.2) is 21.0 Å². The summed E-state index contributed by atoms with van der Waals surface area (Å²) in [7, 11) is 0. The van der Waals surface area contributed by atoms with E-state index in [0.717, 1.165) is 18.3 Å². The number of carbonyl (C=O) groups is 1. The summed E-state index contributed by atoms with van der Waals surface area (Å²) < 4.78 is 18.6. The molecule has 108 valence electrons. The Morgan fingerprint density at radius 1 is 1.43 bits per heavy atom. The highest BCUT2D eigenvalue weighted by Crippen LogP contribution is 2.33. The molecule has 0 aliphatic carbocycles. The predicted molar refractivity (Wildman–Crippen MR) is 72.0 cm³/mol. The highest BCUT2D eigenvalue weighted by atomic mass is 79.9. The number of benzene rings is 1. The van der Waals surface area contributed by atoms with Crippen LogP contribution in [0.4, 0.5) is 10.1 Å². The molecular formula is C12H6BrFN2O5. The van der Waals surface area contributed by atoms with E-state index in [0.29, 0.717) is 4.47 Å². The summed E-state index contributed by atoms with van der Waals surface area (Å²) in [6.45, 7) is 0. The number of halogens is 2. The van der Waals surface area contributed by atoms with E-state index in [1.807, 2.05) is 0 Å². The lowest BCUT2D eigenvalue weighted by molar-refractivity contribution is -0.384. The first kappa shape index (κ1) is 14.9. The zero-order chi connectivity index (χ0) is 15.6. The highest BCUT2D eigenvalue weighted by molar-refractivity contribution is 9.10. The Balaban J connectivity index is 2.45. The molecule has 2 rings (SSSR count). The van der Waals surface area contributed by atoms with Gasteiger partial charge < -0.3 is 9.84 Å². The van der Waals surface area contributed by atoms with Crippen LogP contribution in [0.15, 0.2) is 34.9 Å². The third-order valence-corrected chi connectivity index (χ3v) is 3.04. The van der Waals surface area contributed by atoms with E-state index in [1.165, 1.54) is 12.1 Å². The molecule has 9 heteroatoms. The number of rotatable bonds is 4. The standard InChI is InChI=1S/C12H6BrFN2O5/c13-9-2-1-7(16(19)20)4-10(9)21-11-8(12(17)18)3-6(14)5-15-11/h1-5H,(H,17,18). The number of non-ortho nitro benzene ring substituents is 1. The number of hydrogen-bond acceptors (Lipinski definition) is 5. The van der Waals surface area contributed by atoms with Crippen LogP contribution in [0.3, 0.4) is 0 Å². The Hall–Kier alpha value is -2.55. The largest absolute Gasteiger partial charge is 0.477 e. The van der Waals surface area contributed by atoms with Gasteiger partial charge in [-0.15, -0.1) is 0 Å². The number of aromatic carboxylic acids is 1. The summed E-state index contributed by atoms with van der Waals surface area (Å²) in [5.74, 6) is -2.65. The molecule has 0 saturated heterocycles. The third-order valence-electron chi connectivity index (χ3n) is 2.38. The second-order valence-electron chi connectivity index (χ2n) is 3.79. The summed E-state index contributed by atoms with van der Waals surface area (Å²) in [6.07, 6.45) is 0.785. The van der Waals surface area contributed by atoms with Gasteiger partial charge in [0.25, 0.3) is 5.69 Å². The molecule has 1 N–H and O–H groups in total. The van der Waals surface area contributed by atoms with Gasteiger partial charge in [0.1, 0.15) is 11.4 Å². The zero-order valence-corrected chi connectivity index (χ0v) is 11.7. The Labute approximate surface area is 125 Å². The van der Waals surface area contributed by atoms with Gasteiger partial charge in [-0.25, -0.2) is 14.2 Å². The van der Waals surface area contributed by atoms with Gasteiger partial charge in [-0.2, -0.15) is 0 Å². The van der Waals surface area contributed by atoms with Gasteiger partial charge in [0.05, 0.1) is 21.7 Å². The molecule has 0 unspecified atom stereocenters. The maximum absolute atomic E-state index is 13.0. The van der Waals surface area contributed by atoms with Crippen LogP contribution < -0.4 is 4.74 Å². The zero-order valence-electron chi connectivity index (χ0n) is 10.1. The highest BCUT2D eigenvalue weighted by Gasteiger charge is 2.18. The normalized spacial score (nSPS) is 10.2. The topological polar surface area (TPSA) is 103 Å². The minimum atomic E-state index is -1.43. The van der Waals surface area contributed by atoms with Gasteiger partial charge in [-0.05, 0) is 28.1 Å². The molecule has 1 aromatic heterocycles. The lowest BCUT2D eigenvalue weighted by Gasteiger charge is -2.09. The van der Waals surface area contributed by atoms with Crippen LogP contribution in [0.5, 0.6) is 11.6 Å². The van der Waals surface area contributed by atoms with Gasteiger partial charge in [-0.1, -0.05) is 0 Å². The Morgan fingerprint density at radius 2 is 2.14 bits per heavy atom. The molecule has 0 amide bonds. The van der Waals surface area contributed by atoms with Crippen molar-refractivity contribution in [2.75, 3.05) is 0 Å². The number of nitrogens with zero attached hydrogens (tertiary/aromatic N) is 2. The number of carboxylic acids is 1. The average Bonchev–Trinajstić information content (AvgIpc) is 2.42. The lowest BCUT2D eigenvalue weighted by Crippen LogP contribution is -2.03. The van der Waals surface area contributed by atoms with Crippen molar-refractivity contribution in [1.29, 1.82) is 0 Å². The molecule has 1 heterocycles. The maximum atomic E-state index is 13.0. The van der Waals surface area contributed by atoms with E-state index in [4.69, 9.17) is 9.84 Å². The monoisotopic (exact) mass is 356 g/mol. The number of nitro benzene ring substituents is 1. The number of pyridine rings is 1. The van der Waals surface area contributed by atoms with E-state index in [1.54, 1.807) is 0 Å². The SMILES string of the molecule is O=C(O)c1cc(F)cnc1Oc1cc([N+](=O)[O-])ccc1Br. The first-order chi connectivity index (χ1) is 9.88.